The van der Waals surface area contributed by atoms with E-state index in [1.165, 1.54) is 12.1 Å². The molecule has 2 aromatic rings. The van der Waals surface area contributed by atoms with Crippen LogP contribution in [0.5, 0.6) is 0 Å². The summed E-state index contributed by atoms with van der Waals surface area (Å²) < 4.78 is 0. The van der Waals surface area contributed by atoms with Crippen molar-refractivity contribution in [2.24, 2.45) is 0 Å². The van der Waals surface area contributed by atoms with Crippen LogP contribution in [0.15, 0.2) is 54.6 Å². The highest BCUT2D eigenvalue weighted by Crippen LogP contribution is 2.34. The number of carboxylic acid groups (broad SMARTS) is 1. The van der Waals surface area contributed by atoms with Crippen molar-refractivity contribution in [3.8, 4) is 0 Å². The Morgan fingerprint density at radius 1 is 1.00 bits per heavy atom. The van der Waals surface area contributed by atoms with Gasteiger partial charge in [0.05, 0.1) is 5.56 Å². The Labute approximate surface area is 124 Å². The van der Waals surface area contributed by atoms with Crippen LogP contribution in [0.25, 0.3) is 0 Å². The van der Waals surface area contributed by atoms with E-state index in [2.05, 4.69) is 6.92 Å². The Balaban J connectivity index is 2.42. The number of hydrogen-bond acceptors (Lipinski definition) is 2. The van der Waals surface area contributed by atoms with Crippen molar-refractivity contribution >= 4 is 5.97 Å². The standard InChI is InChI=1S/C18H20O3/c1-2-3-13-18(21,15-7-5-4-6-8-15)16-11-9-14(10-12-16)17(19)20/h4-12,21H,2-3,13H2,1H3,(H,19,20)/i18+2. The quantitative estimate of drug-likeness (QED) is 0.849. The third-order valence-electron chi connectivity index (χ3n) is 3.75. The zero-order chi connectivity index (χ0) is 15.3. The van der Waals surface area contributed by atoms with Crippen LogP contribution < -0.4 is 0 Å². The largest absolute Gasteiger partial charge is 0.478 e. The highest BCUT2D eigenvalue weighted by Gasteiger charge is 2.30. The van der Waals surface area contributed by atoms with Gasteiger partial charge in [-0.3, -0.25) is 0 Å². The fraction of sp³-hybridized carbons (Fsp3) is 0.278. The molecule has 0 aliphatic carbocycles. The van der Waals surface area contributed by atoms with Gasteiger partial charge < -0.3 is 10.2 Å². The van der Waals surface area contributed by atoms with Crippen LogP contribution in [-0.4, -0.2) is 16.2 Å². The van der Waals surface area contributed by atoms with Gasteiger partial charge >= 0.3 is 5.97 Å². The first-order valence-corrected chi connectivity index (χ1v) is 7.19. The molecule has 0 aromatic heterocycles. The van der Waals surface area contributed by atoms with Crippen LogP contribution in [0.4, 0.5) is 0 Å². The summed E-state index contributed by atoms with van der Waals surface area (Å²) in [4.78, 5) is 10.9. The van der Waals surface area contributed by atoms with Gasteiger partial charge in [0.2, 0.25) is 0 Å². The lowest BCUT2D eigenvalue weighted by Crippen LogP contribution is -2.27. The lowest BCUT2D eigenvalue weighted by atomic mass is 10.1. The molecule has 0 saturated carbocycles. The number of carbonyl (C=O) groups is 1. The van der Waals surface area contributed by atoms with Crippen molar-refractivity contribution in [2.75, 3.05) is 0 Å². The zero-order valence-corrected chi connectivity index (χ0v) is 12.1. The van der Waals surface area contributed by atoms with Crippen molar-refractivity contribution in [1.82, 2.24) is 0 Å². The summed E-state index contributed by atoms with van der Waals surface area (Å²) in [5.74, 6) is -0.960. The van der Waals surface area contributed by atoms with E-state index in [0.29, 0.717) is 6.42 Å². The van der Waals surface area contributed by atoms with Crippen LogP contribution in [0, 0.1) is 0 Å². The first kappa shape index (κ1) is 15.3. The Morgan fingerprint density at radius 3 is 2.10 bits per heavy atom. The van der Waals surface area contributed by atoms with Crippen molar-refractivity contribution in [3.63, 3.8) is 0 Å². The highest BCUT2D eigenvalue weighted by molar-refractivity contribution is 5.87. The predicted molar refractivity (Wildman–Crippen MR) is 82.4 cm³/mol. The Morgan fingerprint density at radius 2 is 1.57 bits per heavy atom. The molecule has 110 valence electrons. The summed E-state index contributed by atoms with van der Waals surface area (Å²) >= 11 is 0. The molecular formula is C18H20O3. The SMILES string of the molecule is CCCC[14C](O)(c1ccccc1)c1ccc(C(=O)O)cc1. The minimum Gasteiger partial charge on any atom is -0.478 e. The molecule has 0 aliphatic heterocycles. The summed E-state index contributed by atoms with van der Waals surface area (Å²) in [5, 5.41) is 20.1. The molecule has 3 heteroatoms. The second-order valence-electron chi connectivity index (χ2n) is 5.21. The van der Waals surface area contributed by atoms with E-state index in [4.69, 9.17) is 5.11 Å². The smallest absolute Gasteiger partial charge is 0.335 e. The minimum atomic E-state index is -1.08. The molecule has 0 aliphatic rings. The Hall–Kier alpha value is -2.13. The fourth-order valence-electron chi connectivity index (χ4n) is 2.49. The minimum absolute atomic E-state index is 0.227. The van der Waals surface area contributed by atoms with Gasteiger partial charge in [-0.05, 0) is 29.7 Å². The molecule has 0 amide bonds. The maximum Gasteiger partial charge on any atom is 0.335 e. The molecule has 0 saturated heterocycles. The van der Waals surface area contributed by atoms with Gasteiger partial charge in [0, 0.05) is 0 Å². The van der Waals surface area contributed by atoms with Crippen LogP contribution in [0.3, 0.4) is 0 Å². The van der Waals surface area contributed by atoms with E-state index in [0.717, 1.165) is 24.0 Å². The van der Waals surface area contributed by atoms with E-state index >= 15 is 0 Å². The lowest BCUT2D eigenvalue weighted by molar-refractivity contribution is 0.0671. The number of rotatable bonds is 6. The van der Waals surface area contributed by atoms with Crippen molar-refractivity contribution in [1.29, 1.82) is 0 Å². The molecule has 21 heavy (non-hydrogen) atoms. The van der Waals surface area contributed by atoms with Crippen molar-refractivity contribution < 1.29 is 15.0 Å². The molecule has 0 bridgehead atoms. The first-order valence-electron chi connectivity index (χ1n) is 7.19. The molecule has 2 aromatic carbocycles. The van der Waals surface area contributed by atoms with Crippen molar-refractivity contribution in [2.45, 2.75) is 31.8 Å². The Bertz CT molecular complexity index is 590. The lowest BCUT2D eigenvalue weighted by Gasteiger charge is -2.29. The normalized spacial score (nSPS) is 13.6. The number of benzene rings is 2. The van der Waals surface area contributed by atoms with Gasteiger partial charge in [-0.2, -0.15) is 0 Å². The molecule has 3 nitrogen and oxygen atoms in total. The van der Waals surface area contributed by atoms with E-state index in [1.807, 2.05) is 30.3 Å². The highest BCUT2D eigenvalue weighted by atomic mass is 16.5. The zero-order valence-electron chi connectivity index (χ0n) is 12.1. The number of aliphatic hydroxyl groups is 1. The average molecular weight is 286 g/mol. The van der Waals surface area contributed by atoms with Crippen LogP contribution in [-0.2, 0) is 5.60 Å². The second-order valence-corrected chi connectivity index (χ2v) is 5.21. The monoisotopic (exact) mass is 286 g/mol. The third kappa shape index (κ3) is 3.31. The average Bonchev–Trinajstić information content (AvgIpc) is 2.53. The van der Waals surface area contributed by atoms with Crippen LogP contribution >= 0.6 is 0 Å². The summed E-state index contributed by atoms with van der Waals surface area (Å²) in [6.07, 6.45) is 2.49. The molecule has 1 unspecified atom stereocenters. The second kappa shape index (κ2) is 6.55. The first-order chi connectivity index (χ1) is 10.1. The Kier molecular flexibility index (Phi) is 4.76. The van der Waals surface area contributed by atoms with E-state index < -0.39 is 11.6 Å². The van der Waals surface area contributed by atoms with Gasteiger partial charge in [0.15, 0.2) is 0 Å². The maximum atomic E-state index is 11.2. The molecular weight excluding hydrogens is 266 g/mol. The number of carboxylic acids is 1. The van der Waals surface area contributed by atoms with Crippen LogP contribution in [0.1, 0.15) is 47.7 Å². The molecule has 0 fully saturated rings. The predicted octanol–water partition coefficient (Wildman–Crippen LogP) is 3.81. The molecule has 0 radical (unpaired) electrons. The van der Waals surface area contributed by atoms with Crippen LogP contribution in [0.2, 0.25) is 0 Å². The van der Waals surface area contributed by atoms with E-state index in [9.17, 15) is 9.90 Å². The maximum absolute atomic E-state index is 11.2. The van der Waals surface area contributed by atoms with Gasteiger partial charge in [-0.15, -0.1) is 0 Å². The number of unbranched alkanes of at least 4 members (excludes halogenated alkanes) is 1. The summed E-state index contributed by atoms with van der Waals surface area (Å²) in [6.45, 7) is 2.08. The molecule has 0 spiro atoms. The summed E-state index contributed by atoms with van der Waals surface area (Å²) in [5.41, 5.74) is 0.715. The van der Waals surface area contributed by atoms with Crippen molar-refractivity contribution in [3.05, 3.63) is 71.3 Å². The van der Waals surface area contributed by atoms with Gasteiger partial charge in [-0.1, -0.05) is 62.2 Å². The van der Waals surface area contributed by atoms with Gasteiger partial charge in [0.1, 0.15) is 5.60 Å². The molecule has 2 N–H and O–H groups in total. The number of aromatic carboxylic acids is 1. The molecule has 0 heterocycles. The summed E-state index contributed by atoms with van der Waals surface area (Å²) in [6, 6.07) is 16.0. The third-order valence-corrected chi connectivity index (χ3v) is 3.75. The molecule has 1 atom stereocenters. The summed E-state index contributed by atoms with van der Waals surface area (Å²) in [7, 11) is 0. The topological polar surface area (TPSA) is 57.5 Å². The van der Waals surface area contributed by atoms with E-state index in [1.54, 1.807) is 12.1 Å². The van der Waals surface area contributed by atoms with E-state index in [-0.39, 0.29) is 5.56 Å². The van der Waals surface area contributed by atoms with Gasteiger partial charge in [0.25, 0.3) is 0 Å². The van der Waals surface area contributed by atoms with Gasteiger partial charge in [-0.25, -0.2) is 4.79 Å². The fourth-order valence-corrected chi connectivity index (χ4v) is 2.49. The molecule has 2 rings (SSSR count). The number of hydrogen-bond donors (Lipinski definition) is 2.